The van der Waals surface area contributed by atoms with Crippen molar-refractivity contribution >= 4 is 23.7 Å². The molecular weight excluding hydrogens is 388 g/mol. The van der Waals surface area contributed by atoms with Gasteiger partial charge in [0.05, 0.1) is 6.21 Å². The Balaban J connectivity index is 1.61. The molecule has 0 radical (unpaired) electrons. The molecule has 1 saturated heterocycles. The van der Waals surface area contributed by atoms with Gasteiger partial charge in [-0.2, -0.15) is 5.10 Å². The third kappa shape index (κ3) is 5.94. The molecule has 1 fully saturated rings. The van der Waals surface area contributed by atoms with Crippen LogP contribution in [-0.4, -0.2) is 37.2 Å². The first-order valence-corrected chi connectivity index (χ1v) is 10.9. The van der Waals surface area contributed by atoms with Gasteiger partial charge < -0.3 is 10.2 Å². The predicted molar refractivity (Wildman–Crippen MR) is 126 cm³/mol. The summed E-state index contributed by atoms with van der Waals surface area (Å²) in [5.41, 5.74) is 7.48. The number of hydrogen-bond acceptors (Lipinski definition) is 4. The van der Waals surface area contributed by atoms with Crippen LogP contribution >= 0.6 is 0 Å². The van der Waals surface area contributed by atoms with Gasteiger partial charge in [-0.3, -0.25) is 9.59 Å². The van der Waals surface area contributed by atoms with Crippen molar-refractivity contribution < 1.29 is 9.59 Å². The smallest absolute Gasteiger partial charge is 0.262 e. The number of benzene rings is 2. The highest BCUT2D eigenvalue weighted by Gasteiger charge is 2.24. The van der Waals surface area contributed by atoms with Crippen molar-refractivity contribution in [3.63, 3.8) is 0 Å². The third-order valence-electron chi connectivity index (χ3n) is 5.65. The lowest BCUT2D eigenvalue weighted by molar-refractivity contribution is -0.123. The van der Waals surface area contributed by atoms with Crippen LogP contribution in [0.5, 0.6) is 0 Å². The lowest BCUT2D eigenvalue weighted by Crippen LogP contribution is -2.48. The van der Waals surface area contributed by atoms with Gasteiger partial charge in [0.1, 0.15) is 6.04 Å². The van der Waals surface area contributed by atoms with Crippen LogP contribution in [-0.2, 0) is 4.79 Å². The maximum Gasteiger partial charge on any atom is 0.262 e. The molecule has 3 rings (SSSR count). The minimum atomic E-state index is -0.676. The molecule has 0 aliphatic carbocycles. The summed E-state index contributed by atoms with van der Waals surface area (Å²) in [7, 11) is 0. The van der Waals surface area contributed by atoms with Crippen molar-refractivity contribution in [3.05, 3.63) is 64.7 Å². The first-order chi connectivity index (χ1) is 14.8. The summed E-state index contributed by atoms with van der Waals surface area (Å²) < 4.78 is 0. The average Bonchev–Trinajstić information content (AvgIpc) is 3.28. The Kier molecular flexibility index (Phi) is 7.45. The molecule has 0 aromatic heterocycles. The molecular formula is C25H32N4O2. The number of hydrogen-bond donors (Lipinski definition) is 2. The Hall–Kier alpha value is -3.15. The Morgan fingerprint density at radius 2 is 1.71 bits per heavy atom. The summed E-state index contributed by atoms with van der Waals surface area (Å²) in [5.74, 6) is -0.685. The number of carbonyl (C=O) groups is 2. The fraction of sp³-hybridized carbons (Fsp3) is 0.400. The SMILES string of the molecule is Cc1ccc(C(=O)NC(C(=O)N/N=C\c2ccc(N3CCCC3)cc2C)C(C)C)cc1. The van der Waals surface area contributed by atoms with E-state index in [0.29, 0.717) is 5.56 Å². The maximum atomic E-state index is 12.7. The van der Waals surface area contributed by atoms with Gasteiger partial charge in [-0.25, -0.2) is 5.43 Å². The molecule has 2 amide bonds. The normalized spacial score (nSPS) is 14.8. The first-order valence-electron chi connectivity index (χ1n) is 10.9. The molecule has 2 N–H and O–H groups in total. The number of nitrogens with zero attached hydrogens (tertiary/aromatic N) is 2. The highest BCUT2D eigenvalue weighted by molar-refractivity contribution is 5.97. The van der Waals surface area contributed by atoms with Gasteiger partial charge in [0.15, 0.2) is 0 Å². The highest BCUT2D eigenvalue weighted by atomic mass is 16.2. The average molecular weight is 421 g/mol. The van der Waals surface area contributed by atoms with Crippen molar-refractivity contribution in [2.45, 2.75) is 46.6 Å². The van der Waals surface area contributed by atoms with E-state index in [9.17, 15) is 9.59 Å². The molecule has 0 spiro atoms. The Labute approximate surface area is 184 Å². The van der Waals surface area contributed by atoms with Crippen molar-refractivity contribution in [3.8, 4) is 0 Å². The number of anilines is 1. The zero-order valence-electron chi connectivity index (χ0n) is 18.8. The van der Waals surface area contributed by atoms with Gasteiger partial charge in [-0.05, 0) is 68.0 Å². The maximum absolute atomic E-state index is 12.7. The van der Waals surface area contributed by atoms with Crippen LogP contribution in [0.2, 0.25) is 0 Å². The van der Waals surface area contributed by atoms with Crippen LogP contribution < -0.4 is 15.6 Å². The molecule has 31 heavy (non-hydrogen) atoms. The molecule has 6 heteroatoms. The largest absolute Gasteiger partial charge is 0.372 e. The summed E-state index contributed by atoms with van der Waals surface area (Å²) in [6.45, 7) is 10.0. The molecule has 1 aliphatic rings. The van der Waals surface area contributed by atoms with Crippen LogP contribution in [0.15, 0.2) is 47.6 Å². The molecule has 164 valence electrons. The molecule has 0 saturated carbocycles. The molecule has 6 nitrogen and oxygen atoms in total. The molecule has 1 heterocycles. The Bertz CT molecular complexity index is 944. The number of aryl methyl sites for hydroxylation is 2. The van der Waals surface area contributed by atoms with Gasteiger partial charge in [0.2, 0.25) is 0 Å². The molecule has 1 atom stereocenters. The second-order valence-corrected chi connectivity index (χ2v) is 8.53. The van der Waals surface area contributed by atoms with Gasteiger partial charge in [0.25, 0.3) is 11.8 Å². The van der Waals surface area contributed by atoms with Crippen LogP contribution in [0.4, 0.5) is 5.69 Å². The number of nitrogens with one attached hydrogen (secondary N) is 2. The van der Waals surface area contributed by atoms with Crippen molar-refractivity contribution in [2.75, 3.05) is 18.0 Å². The molecule has 0 bridgehead atoms. The highest BCUT2D eigenvalue weighted by Crippen LogP contribution is 2.22. The summed E-state index contributed by atoms with van der Waals surface area (Å²) in [5, 5.41) is 6.96. The van der Waals surface area contributed by atoms with E-state index in [4.69, 9.17) is 0 Å². The lowest BCUT2D eigenvalue weighted by Gasteiger charge is -2.20. The molecule has 2 aromatic rings. The quantitative estimate of drug-likeness (QED) is 0.528. The Morgan fingerprint density at radius 3 is 2.32 bits per heavy atom. The number of rotatable bonds is 7. The van der Waals surface area contributed by atoms with Gasteiger partial charge in [0, 0.05) is 24.3 Å². The number of hydrazone groups is 1. The fourth-order valence-electron chi connectivity index (χ4n) is 3.68. The second-order valence-electron chi connectivity index (χ2n) is 8.53. The van der Waals surface area contributed by atoms with Crippen LogP contribution in [0, 0.1) is 19.8 Å². The zero-order chi connectivity index (χ0) is 22.4. The van der Waals surface area contributed by atoms with E-state index in [1.54, 1.807) is 18.3 Å². The fourth-order valence-corrected chi connectivity index (χ4v) is 3.68. The van der Waals surface area contributed by atoms with Crippen LogP contribution in [0.3, 0.4) is 0 Å². The van der Waals surface area contributed by atoms with E-state index in [0.717, 1.165) is 29.8 Å². The van der Waals surface area contributed by atoms with Crippen molar-refractivity contribution in [1.29, 1.82) is 0 Å². The van der Waals surface area contributed by atoms with Gasteiger partial charge in [-0.1, -0.05) is 37.6 Å². The standard InChI is InChI=1S/C25H32N4O2/c1-17(2)23(27-24(30)20-9-7-18(3)8-10-20)25(31)28-26-16-21-11-12-22(15-19(21)4)29-13-5-6-14-29/h7-12,15-17,23H,5-6,13-14H2,1-4H3,(H,27,30)(H,28,31)/b26-16-. The zero-order valence-corrected chi connectivity index (χ0v) is 18.8. The summed E-state index contributed by atoms with van der Waals surface area (Å²) in [6, 6.07) is 12.9. The molecule has 2 aromatic carbocycles. The van der Waals surface area contributed by atoms with Crippen LogP contribution in [0.1, 0.15) is 53.7 Å². The topological polar surface area (TPSA) is 73.8 Å². The summed E-state index contributed by atoms with van der Waals surface area (Å²) >= 11 is 0. The van der Waals surface area contributed by atoms with E-state index in [2.05, 4.69) is 32.9 Å². The van der Waals surface area contributed by atoms with Crippen molar-refractivity contribution in [2.24, 2.45) is 11.0 Å². The molecule has 1 aliphatic heterocycles. The van der Waals surface area contributed by atoms with E-state index in [-0.39, 0.29) is 17.7 Å². The van der Waals surface area contributed by atoms with Gasteiger partial charge >= 0.3 is 0 Å². The van der Waals surface area contributed by atoms with E-state index in [1.165, 1.54) is 18.5 Å². The monoisotopic (exact) mass is 420 g/mol. The second kappa shape index (κ2) is 10.2. The predicted octanol–water partition coefficient (Wildman–Crippen LogP) is 3.81. The van der Waals surface area contributed by atoms with Crippen molar-refractivity contribution in [1.82, 2.24) is 10.7 Å². The Morgan fingerprint density at radius 1 is 1.03 bits per heavy atom. The van der Waals surface area contributed by atoms with Gasteiger partial charge in [-0.15, -0.1) is 0 Å². The third-order valence-corrected chi connectivity index (χ3v) is 5.65. The van der Waals surface area contributed by atoms with Crippen LogP contribution in [0.25, 0.3) is 0 Å². The first kappa shape index (κ1) is 22.5. The minimum absolute atomic E-state index is 0.0777. The lowest BCUT2D eigenvalue weighted by atomic mass is 10.0. The molecule has 1 unspecified atom stereocenters. The number of amides is 2. The summed E-state index contributed by atoms with van der Waals surface area (Å²) in [6.07, 6.45) is 4.14. The summed E-state index contributed by atoms with van der Waals surface area (Å²) in [4.78, 5) is 27.6. The van der Waals surface area contributed by atoms with E-state index >= 15 is 0 Å². The van der Waals surface area contributed by atoms with E-state index in [1.807, 2.05) is 45.9 Å². The number of carbonyl (C=O) groups excluding carboxylic acids is 2. The van der Waals surface area contributed by atoms with E-state index < -0.39 is 6.04 Å². The minimum Gasteiger partial charge on any atom is -0.372 e.